The van der Waals surface area contributed by atoms with Gasteiger partial charge in [-0.25, -0.2) is 13.2 Å². The summed E-state index contributed by atoms with van der Waals surface area (Å²) in [5, 5.41) is 14.1. The second kappa shape index (κ2) is 13.6. The van der Waals surface area contributed by atoms with E-state index in [-0.39, 0.29) is 54.6 Å². The van der Waals surface area contributed by atoms with E-state index < -0.39 is 34.4 Å². The van der Waals surface area contributed by atoms with Gasteiger partial charge in [0, 0.05) is 18.8 Å². The maximum absolute atomic E-state index is 13.5. The van der Waals surface area contributed by atoms with Crippen molar-refractivity contribution in [1.29, 1.82) is 0 Å². The van der Waals surface area contributed by atoms with Crippen molar-refractivity contribution in [1.82, 2.24) is 9.62 Å². The van der Waals surface area contributed by atoms with E-state index in [0.29, 0.717) is 12.3 Å². The molecule has 2 aliphatic rings. The molecule has 0 bridgehead atoms. The van der Waals surface area contributed by atoms with E-state index in [1.54, 1.807) is 0 Å². The number of nitrogen functional groups attached to an aromatic ring is 1. The quantitative estimate of drug-likeness (QED) is 0.344. The van der Waals surface area contributed by atoms with Gasteiger partial charge in [0.15, 0.2) is 6.29 Å². The first kappa shape index (κ1) is 30.8. The van der Waals surface area contributed by atoms with E-state index in [1.165, 1.54) is 28.6 Å². The number of ether oxygens (including phenoxy) is 3. The zero-order valence-corrected chi connectivity index (χ0v) is 23.0. The van der Waals surface area contributed by atoms with Crippen LogP contribution in [0.1, 0.15) is 25.8 Å². The van der Waals surface area contributed by atoms with Crippen molar-refractivity contribution in [2.45, 2.75) is 56.1 Å². The summed E-state index contributed by atoms with van der Waals surface area (Å²) in [5.41, 5.74) is 7.07. The third kappa shape index (κ3) is 7.90. The van der Waals surface area contributed by atoms with Crippen LogP contribution in [0.5, 0.6) is 0 Å². The number of nitrogens with two attached hydrogens (primary N) is 1. The first-order valence-electron chi connectivity index (χ1n) is 12.9. The monoisotopic (exact) mass is 565 g/mol. The van der Waals surface area contributed by atoms with Crippen LogP contribution in [-0.4, -0.2) is 80.2 Å². The Balaban J connectivity index is 0.00000420. The minimum Gasteiger partial charge on any atom is -0.443 e. The number of carbonyl (C=O) groups excluding carboxylic acids is 1. The van der Waals surface area contributed by atoms with Gasteiger partial charge in [0.25, 0.3) is 0 Å². The first-order chi connectivity index (χ1) is 18.1. The highest BCUT2D eigenvalue weighted by atomic mass is 32.2. The summed E-state index contributed by atoms with van der Waals surface area (Å²) in [6.45, 7) is 4.58. The number of alkyl carbamates (subject to hydrolysis) is 1. The van der Waals surface area contributed by atoms with Gasteiger partial charge in [-0.1, -0.05) is 44.2 Å². The van der Waals surface area contributed by atoms with Crippen LogP contribution in [0.4, 0.5) is 10.5 Å². The Bertz CT molecular complexity index is 1160. The number of rotatable bonds is 11. The molecule has 11 nitrogen and oxygen atoms in total. The molecule has 2 aromatic carbocycles. The van der Waals surface area contributed by atoms with Crippen molar-refractivity contribution in [2.75, 3.05) is 32.0 Å². The van der Waals surface area contributed by atoms with Crippen molar-refractivity contribution in [3.8, 4) is 0 Å². The van der Waals surface area contributed by atoms with Gasteiger partial charge in [-0.3, -0.25) is 0 Å². The number of fused-ring (bicyclic) bond motifs is 1. The topological polar surface area (TPSA) is 172 Å². The van der Waals surface area contributed by atoms with E-state index in [4.69, 9.17) is 19.9 Å². The standard InChI is InChI=1S/C27H37N3O7S.H2O/c1-18(2)15-30(38(33,34)21-10-8-20(28)9-11-21)16-24(31)23(14-19-6-4-3-5-7-19)29-27(32)37-25-17-36-26-22(25)12-13-35-26;/h3-11,18,22-26,31H,12-17,28H2,1-2H3,(H,29,32);1H2/t22-,23-,24+,25-,26+;/m0./s1. The van der Waals surface area contributed by atoms with E-state index in [9.17, 15) is 18.3 Å². The Morgan fingerprint density at radius 3 is 2.49 bits per heavy atom. The summed E-state index contributed by atoms with van der Waals surface area (Å²) in [5.74, 6) is -0.0231. The van der Waals surface area contributed by atoms with E-state index in [1.807, 2.05) is 44.2 Å². The third-order valence-corrected chi connectivity index (χ3v) is 8.63. The summed E-state index contributed by atoms with van der Waals surface area (Å²) in [7, 11) is -3.93. The number of hydrogen-bond donors (Lipinski definition) is 3. The zero-order chi connectivity index (χ0) is 27.3. The molecule has 216 valence electrons. The van der Waals surface area contributed by atoms with Crippen LogP contribution in [0.25, 0.3) is 0 Å². The van der Waals surface area contributed by atoms with Crippen LogP contribution >= 0.6 is 0 Å². The molecule has 0 aromatic heterocycles. The fourth-order valence-electron chi connectivity index (χ4n) is 4.82. The van der Waals surface area contributed by atoms with Crippen molar-refractivity contribution in [2.24, 2.45) is 11.8 Å². The molecule has 0 saturated carbocycles. The molecule has 1 amide bonds. The predicted octanol–water partition coefficient (Wildman–Crippen LogP) is 1.55. The molecule has 0 spiro atoms. The van der Waals surface area contributed by atoms with Crippen LogP contribution < -0.4 is 11.1 Å². The van der Waals surface area contributed by atoms with Crippen molar-refractivity contribution in [3.63, 3.8) is 0 Å². The molecule has 4 rings (SSSR count). The van der Waals surface area contributed by atoms with Gasteiger partial charge in [-0.2, -0.15) is 4.31 Å². The summed E-state index contributed by atoms with van der Waals surface area (Å²) in [6, 6.07) is 14.5. The number of nitrogens with zero attached hydrogens (tertiary/aromatic N) is 1. The molecule has 12 heteroatoms. The number of sulfonamides is 1. The van der Waals surface area contributed by atoms with E-state index in [0.717, 1.165) is 12.0 Å². The summed E-state index contributed by atoms with van der Waals surface area (Å²) in [6.07, 6.45) is -1.69. The first-order valence-corrected chi connectivity index (χ1v) is 14.4. The van der Waals surface area contributed by atoms with Crippen molar-refractivity contribution >= 4 is 21.8 Å². The maximum atomic E-state index is 13.5. The van der Waals surface area contributed by atoms with Crippen LogP contribution in [0.2, 0.25) is 0 Å². The highest BCUT2D eigenvalue weighted by Gasteiger charge is 2.44. The second-order valence-electron chi connectivity index (χ2n) is 10.3. The molecule has 2 aliphatic heterocycles. The van der Waals surface area contributed by atoms with Crippen LogP contribution in [0, 0.1) is 11.8 Å². The fraction of sp³-hybridized carbons (Fsp3) is 0.519. The van der Waals surface area contributed by atoms with Gasteiger partial charge in [0.2, 0.25) is 10.0 Å². The number of aliphatic hydroxyl groups excluding tert-OH is 1. The number of aliphatic hydroxyl groups is 1. The molecular weight excluding hydrogens is 526 g/mol. The Morgan fingerprint density at radius 1 is 1.13 bits per heavy atom. The Morgan fingerprint density at radius 2 is 1.82 bits per heavy atom. The van der Waals surface area contributed by atoms with Crippen molar-refractivity contribution in [3.05, 3.63) is 60.2 Å². The number of nitrogens with one attached hydrogen (secondary N) is 1. The number of benzene rings is 2. The lowest BCUT2D eigenvalue weighted by molar-refractivity contribution is -0.0907. The average Bonchev–Trinajstić information content (AvgIpc) is 3.49. The molecule has 2 saturated heterocycles. The lowest BCUT2D eigenvalue weighted by atomic mass is 10.0. The molecule has 2 heterocycles. The lowest BCUT2D eigenvalue weighted by Crippen LogP contribution is -2.51. The number of amides is 1. The molecule has 39 heavy (non-hydrogen) atoms. The van der Waals surface area contributed by atoms with Gasteiger partial charge in [-0.05, 0) is 48.6 Å². The van der Waals surface area contributed by atoms with Gasteiger partial charge < -0.3 is 35.8 Å². The second-order valence-corrected chi connectivity index (χ2v) is 12.2. The van der Waals surface area contributed by atoms with Gasteiger partial charge in [0.1, 0.15) is 6.10 Å². The summed E-state index contributed by atoms with van der Waals surface area (Å²) >= 11 is 0. The molecule has 0 unspecified atom stereocenters. The van der Waals surface area contributed by atoms with Gasteiger partial charge in [0.05, 0.1) is 36.2 Å². The molecule has 0 aliphatic carbocycles. The minimum atomic E-state index is -3.93. The molecule has 2 fully saturated rings. The van der Waals surface area contributed by atoms with Crippen LogP contribution in [0.15, 0.2) is 59.5 Å². The third-order valence-electron chi connectivity index (χ3n) is 6.79. The number of anilines is 1. The number of hydrogen-bond acceptors (Lipinski definition) is 8. The number of carbonyl (C=O) groups is 1. The van der Waals surface area contributed by atoms with Crippen LogP contribution in [-0.2, 0) is 30.7 Å². The summed E-state index contributed by atoms with van der Waals surface area (Å²) in [4.78, 5) is 13.0. The Labute approximate surface area is 229 Å². The smallest absolute Gasteiger partial charge is 0.407 e. The summed E-state index contributed by atoms with van der Waals surface area (Å²) < 4.78 is 44.9. The minimum absolute atomic E-state index is 0. The van der Waals surface area contributed by atoms with Crippen molar-refractivity contribution < 1.29 is 38.0 Å². The SMILES string of the molecule is CC(C)CN(C[C@@H](O)[C@H](Cc1ccccc1)NC(=O)O[C@H]1CO[C@H]2OCC[C@H]21)S(=O)(=O)c1ccc(N)cc1.O. The largest absolute Gasteiger partial charge is 0.443 e. The predicted molar refractivity (Wildman–Crippen MR) is 145 cm³/mol. The average molecular weight is 566 g/mol. The van der Waals surface area contributed by atoms with Gasteiger partial charge >= 0.3 is 6.09 Å². The Kier molecular flexibility index (Phi) is 10.7. The molecular formula is C27H39N3O8S. The molecule has 6 N–H and O–H groups in total. The molecule has 5 atom stereocenters. The highest BCUT2D eigenvalue weighted by Crippen LogP contribution is 2.33. The lowest BCUT2D eigenvalue weighted by Gasteiger charge is -2.31. The zero-order valence-electron chi connectivity index (χ0n) is 22.2. The molecule has 2 aromatic rings. The van der Waals surface area contributed by atoms with E-state index in [2.05, 4.69) is 5.32 Å². The normalized spacial score (nSPS) is 22.2. The van der Waals surface area contributed by atoms with Crippen LogP contribution in [0.3, 0.4) is 0 Å². The van der Waals surface area contributed by atoms with Gasteiger partial charge in [-0.15, -0.1) is 0 Å². The fourth-order valence-corrected chi connectivity index (χ4v) is 6.45. The highest BCUT2D eigenvalue weighted by molar-refractivity contribution is 7.89. The Hall–Kier alpha value is -2.74. The maximum Gasteiger partial charge on any atom is 0.407 e. The van der Waals surface area contributed by atoms with E-state index >= 15 is 0 Å². The molecule has 0 radical (unpaired) electrons.